The molecule has 0 radical (unpaired) electrons. The van der Waals surface area contributed by atoms with E-state index in [9.17, 15) is 9.59 Å². The van der Waals surface area contributed by atoms with Crippen molar-refractivity contribution in [1.82, 2.24) is 4.90 Å². The number of fused-ring (bicyclic) bond motifs is 1. The van der Waals surface area contributed by atoms with Crippen LogP contribution in [0.25, 0.3) is 0 Å². The highest BCUT2D eigenvalue weighted by atomic mass is 16.2. The van der Waals surface area contributed by atoms with Crippen LogP contribution in [0.4, 0.5) is 5.69 Å². The molecule has 0 spiro atoms. The maximum atomic E-state index is 12.9. The third-order valence-corrected chi connectivity index (χ3v) is 5.37. The van der Waals surface area contributed by atoms with Gasteiger partial charge in [-0.2, -0.15) is 0 Å². The molecule has 2 aromatic carbocycles. The third-order valence-electron chi connectivity index (χ3n) is 5.37. The van der Waals surface area contributed by atoms with Crippen molar-refractivity contribution in [2.24, 2.45) is 0 Å². The van der Waals surface area contributed by atoms with Gasteiger partial charge >= 0.3 is 0 Å². The van der Waals surface area contributed by atoms with Crippen molar-refractivity contribution in [1.29, 1.82) is 0 Å². The van der Waals surface area contributed by atoms with Crippen LogP contribution < -0.4 is 5.32 Å². The van der Waals surface area contributed by atoms with E-state index in [0.717, 1.165) is 36.1 Å². The molecule has 0 saturated carbocycles. The van der Waals surface area contributed by atoms with Gasteiger partial charge in [0.2, 0.25) is 11.8 Å². The Morgan fingerprint density at radius 3 is 2.54 bits per heavy atom. The Balaban J connectivity index is 1.63. The van der Waals surface area contributed by atoms with Crippen LogP contribution in [0.1, 0.15) is 48.4 Å². The fourth-order valence-electron chi connectivity index (χ4n) is 3.82. The van der Waals surface area contributed by atoms with Gasteiger partial charge < -0.3 is 10.2 Å². The van der Waals surface area contributed by atoms with Crippen LogP contribution in [-0.4, -0.2) is 29.8 Å². The van der Waals surface area contributed by atoms with Gasteiger partial charge in [-0.05, 0) is 67.3 Å². The Kier molecular flexibility index (Phi) is 6.85. The molecule has 28 heavy (non-hydrogen) atoms. The molecule has 4 nitrogen and oxygen atoms in total. The van der Waals surface area contributed by atoms with Crippen molar-refractivity contribution in [2.75, 3.05) is 18.4 Å². The van der Waals surface area contributed by atoms with Crippen molar-refractivity contribution >= 4 is 17.5 Å². The summed E-state index contributed by atoms with van der Waals surface area (Å²) in [6.45, 7) is 4.66. The molecule has 1 N–H and O–H groups in total. The monoisotopic (exact) mass is 378 g/mol. The molecule has 0 aliphatic heterocycles. The summed E-state index contributed by atoms with van der Waals surface area (Å²) in [4.78, 5) is 27.0. The van der Waals surface area contributed by atoms with Crippen LogP contribution in [0.2, 0.25) is 0 Å². The number of carbonyl (C=O) groups is 2. The first kappa shape index (κ1) is 20.1. The topological polar surface area (TPSA) is 49.4 Å². The largest absolute Gasteiger partial charge is 0.333 e. The van der Waals surface area contributed by atoms with Crippen LogP contribution in [-0.2, 0) is 28.9 Å². The van der Waals surface area contributed by atoms with Crippen molar-refractivity contribution in [2.45, 2.75) is 52.4 Å². The first-order valence-electron chi connectivity index (χ1n) is 10.3. The number of benzene rings is 2. The number of nitrogens with zero attached hydrogens (tertiary/aromatic N) is 1. The van der Waals surface area contributed by atoms with Crippen molar-refractivity contribution in [3.8, 4) is 0 Å². The molecule has 0 saturated heterocycles. The lowest BCUT2D eigenvalue weighted by Crippen LogP contribution is -2.39. The highest BCUT2D eigenvalue weighted by Crippen LogP contribution is 2.22. The first-order chi connectivity index (χ1) is 13.6. The predicted molar refractivity (Wildman–Crippen MR) is 113 cm³/mol. The molecule has 2 aromatic rings. The van der Waals surface area contributed by atoms with Gasteiger partial charge in [0.1, 0.15) is 0 Å². The number of nitrogens with one attached hydrogen (secondary N) is 1. The molecule has 0 fully saturated rings. The highest BCUT2D eigenvalue weighted by Gasteiger charge is 2.18. The zero-order valence-corrected chi connectivity index (χ0v) is 17.0. The third kappa shape index (κ3) is 5.22. The molecule has 0 heterocycles. The van der Waals surface area contributed by atoms with Gasteiger partial charge in [-0.25, -0.2) is 0 Å². The molecule has 2 amide bonds. The lowest BCUT2D eigenvalue weighted by atomic mass is 9.90. The lowest BCUT2D eigenvalue weighted by Gasteiger charge is -2.23. The minimum atomic E-state index is -0.151. The molecule has 3 rings (SSSR count). The zero-order chi connectivity index (χ0) is 19.9. The van der Waals surface area contributed by atoms with Crippen molar-refractivity contribution in [3.63, 3.8) is 0 Å². The molecular weight excluding hydrogens is 348 g/mol. The maximum Gasteiger partial charge on any atom is 0.244 e. The number of anilines is 1. The van der Waals surface area contributed by atoms with Crippen LogP contribution in [0, 0.1) is 6.92 Å². The smallest absolute Gasteiger partial charge is 0.244 e. The van der Waals surface area contributed by atoms with Crippen molar-refractivity contribution in [3.05, 3.63) is 64.7 Å². The second-order valence-corrected chi connectivity index (χ2v) is 7.67. The fourth-order valence-corrected chi connectivity index (χ4v) is 3.82. The second kappa shape index (κ2) is 9.54. The Hall–Kier alpha value is -2.62. The molecule has 148 valence electrons. The molecular formula is C24H30N2O2. The van der Waals surface area contributed by atoms with Crippen LogP contribution in [0.3, 0.4) is 0 Å². The first-order valence-corrected chi connectivity index (χ1v) is 10.3. The number of hydrogen-bond acceptors (Lipinski definition) is 2. The summed E-state index contributed by atoms with van der Waals surface area (Å²) < 4.78 is 0. The molecule has 0 aromatic heterocycles. The van der Waals surface area contributed by atoms with Gasteiger partial charge in [0, 0.05) is 12.2 Å². The van der Waals surface area contributed by atoms with Gasteiger partial charge in [-0.1, -0.05) is 43.3 Å². The summed E-state index contributed by atoms with van der Waals surface area (Å²) in [5.74, 6) is -0.140. The molecule has 0 atom stereocenters. The van der Waals surface area contributed by atoms with E-state index in [4.69, 9.17) is 0 Å². The lowest BCUT2D eigenvalue weighted by molar-refractivity contribution is -0.134. The number of carbonyl (C=O) groups excluding carboxylic acids is 2. The Bertz CT molecular complexity index is 844. The average Bonchev–Trinajstić information content (AvgIpc) is 2.69. The minimum absolute atomic E-state index is 0.0116. The predicted octanol–water partition coefficient (Wildman–Crippen LogP) is 4.29. The van der Waals surface area contributed by atoms with E-state index in [1.165, 1.54) is 24.0 Å². The molecule has 0 unspecified atom stereocenters. The maximum absolute atomic E-state index is 12.9. The fraction of sp³-hybridized carbons (Fsp3) is 0.417. The van der Waals surface area contributed by atoms with Gasteiger partial charge in [0.15, 0.2) is 0 Å². The standard InChI is InChI=1S/C24H30N2O2/c1-3-14-26(17-23(27)25-22-11-7-4-8-18(22)2)24(28)16-19-12-13-20-9-5-6-10-21(20)15-19/h4,7-8,11-13,15H,3,5-6,9-10,14,16-17H2,1-2H3,(H,25,27). The normalized spacial score (nSPS) is 12.9. The Morgan fingerprint density at radius 1 is 1.04 bits per heavy atom. The zero-order valence-electron chi connectivity index (χ0n) is 17.0. The molecule has 1 aliphatic carbocycles. The van der Waals surface area contributed by atoms with E-state index in [2.05, 4.69) is 23.5 Å². The van der Waals surface area contributed by atoms with E-state index < -0.39 is 0 Å². The van der Waals surface area contributed by atoms with Gasteiger partial charge in [0.05, 0.1) is 13.0 Å². The number of para-hydroxylation sites is 1. The molecule has 0 bridgehead atoms. The van der Waals surface area contributed by atoms with E-state index >= 15 is 0 Å². The van der Waals surface area contributed by atoms with Crippen LogP contribution in [0.5, 0.6) is 0 Å². The van der Waals surface area contributed by atoms with Gasteiger partial charge in [0.25, 0.3) is 0 Å². The minimum Gasteiger partial charge on any atom is -0.333 e. The quantitative estimate of drug-likeness (QED) is 0.781. The van der Waals surface area contributed by atoms with Crippen LogP contribution in [0.15, 0.2) is 42.5 Å². The van der Waals surface area contributed by atoms with Crippen molar-refractivity contribution < 1.29 is 9.59 Å². The number of aryl methyl sites for hydroxylation is 3. The Labute approximate surface area is 167 Å². The summed E-state index contributed by atoms with van der Waals surface area (Å²) in [6.07, 6.45) is 5.91. The number of amides is 2. The summed E-state index contributed by atoms with van der Waals surface area (Å²) >= 11 is 0. The van der Waals surface area contributed by atoms with E-state index in [1.807, 2.05) is 38.1 Å². The average molecular weight is 379 g/mol. The van der Waals surface area contributed by atoms with Gasteiger partial charge in [-0.3, -0.25) is 9.59 Å². The number of rotatable bonds is 7. The van der Waals surface area contributed by atoms with E-state index in [1.54, 1.807) is 4.90 Å². The Morgan fingerprint density at radius 2 is 1.79 bits per heavy atom. The molecule has 1 aliphatic rings. The SMILES string of the molecule is CCCN(CC(=O)Nc1ccccc1C)C(=O)Cc1ccc2c(c1)CCCC2. The second-order valence-electron chi connectivity index (χ2n) is 7.67. The highest BCUT2D eigenvalue weighted by molar-refractivity contribution is 5.95. The number of hydrogen-bond donors (Lipinski definition) is 1. The molecule has 4 heteroatoms. The summed E-state index contributed by atoms with van der Waals surface area (Å²) in [5.41, 5.74) is 5.66. The van der Waals surface area contributed by atoms with Gasteiger partial charge in [-0.15, -0.1) is 0 Å². The van der Waals surface area contributed by atoms with E-state index in [-0.39, 0.29) is 18.4 Å². The van der Waals surface area contributed by atoms with E-state index in [0.29, 0.717) is 13.0 Å². The summed E-state index contributed by atoms with van der Waals surface area (Å²) in [6, 6.07) is 14.1. The summed E-state index contributed by atoms with van der Waals surface area (Å²) in [7, 11) is 0. The van der Waals surface area contributed by atoms with Crippen LogP contribution >= 0.6 is 0 Å². The summed E-state index contributed by atoms with van der Waals surface area (Å²) in [5, 5.41) is 2.93.